The Morgan fingerprint density at radius 2 is 2.50 bits per heavy atom. The molecule has 0 saturated heterocycles. The second-order valence-corrected chi connectivity index (χ2v) is 2.01. The lowest BCUT2D eigenvalue weighted by molar-refractivity contribution is -0.138. The lowest BCUT2D eigenvalue weighted by Gasteiger charge is -2.02. The highest BCUT2D eigenvalue weighted by molar-refractivity contribution is 5.81. The van der Waals surface area contributed by atoms with E-state index < -0.39 is 12.1 Å². The quantitative estimate of drug-likeness (QED) is 0.461. The number of rotatable bonds is 4. The Morgan fingerprint density at radius 1 is 1.90 bits per heavy atom. The zero-order chi connectivity index (χ0) is 7.98. The third-order valence-corrected chi connectivity index (χ3v) is 0.947. The Balaban J connectivity index is 3.19. The van der Waals surface area contributed by atoms with Gasteiger partial charge in [-0.15, -0.1) is 0 Å². The van der Waals surface area contributed by atoms with Crippen molar-refractivity contribution in [2.45, 2.75) is 19.4 Å². The molecule has 58 valence electrons. The van der Waals surface area contributed by atoms with Crippen LogP contribution in [-0.4, -0.2) is 23.8 Å². The number of hydrogen-bond acceptors (Lipinski definition) is 3. The molecule has 1 N–H and O–H groups in total. The van der Waals surface area contributed by atoms with Gasteiger partial charge >= 0.3 is 5.97 Å². The van der Waals surface area contributed by atoms with Crippen molar-refractivity contribution in [1.82, 2.24) is 0 Å². The van der Waals surface area contributed by atoms with Crippen LogP contribution in [0.15, 0.2) is 12.7 Å². The highest BCUT2D eigenvalue weighted by Gasteiger charge is 1.97. The minimum atomic E-state index is -0.444. The predicted molar refractivity (Wildman–Crippen MR) is 37.5 cm³/mol. The van der Waals surface area contributed by atoms with E-state index in [0.29, 0.717) is 6.42 Å². The van der Waals surface area contributed by atoms with E-state index in [1.807, 2.05) is 0 Å². The second-order valence-electron chi connectivity index (χ2n) is 2.01. The number of carbonyl (C=O) groups excluding carboxylic acids is 1. The number of aliphatic hydroxyl groups is 1. The van der Waals surface area contributed by atoms with Gasteiger partial charge in [0.05, 0.1) is 12.7 Å². The molecular formula is C7H12O3. The van der Waals surface area contributed by atoms with E-state index in [1.165, 1.54) is 0 Å². The summed E-state index contributed by atoms with van der Waals surface area (Å²) in [5.74, 6) is -0.444. The molecule has 1 unspecified atom stereocenters. The fraction of sp³-hybridized carbons (Fsp3) is 0.571. The summed E-state index contributed by atoms with van der Waals surface area (Å²) in [5, 5.41) is 8.72. The summed E-state index contributed by atoms with van der Waals surface area (Å²) in [6, 6.07) is 0. The maximum absolute atomic E-state index is 10.4. The maximum Gasteiger partial charge on any atom is 0.330 e. The van der Waals surface area contributed by atoms with Gasteiger partial charge in [-0.25, -0.2) is 4.79 Å². The molecule has 0 radical (unpaired) electrons. The highest BCUT2D eigenvalue weighted by atomic mass is 16.5. The molecule has 0 aliphatic carbocycles. The molecule has 0 aliphatic heterocycles. The number of ether oxygens (including phenoxy) is 1. The molecule has 0 aromatic heterocycles. The Bertz CT molecular complexity index is 118. The molecule has 0 aliphatic rings. The van der Waals surface area contributed by atoms with E-state index >= 15 is 0 Å². The third-order valence-electron chi connectivity index (χ3n) is 0.947. The first-order chi connectivity index (χ1) is 4.66. The summed E-state index contributed by atoms with van der Waals surface area (Å²) in [5.41, 5.74) is 0. The van der Waals surface area contributed by atoms with Crippen LogP contribution in [0.25, 0.3) is 0 Å². The van der Waals surface area contributed by atoms with Crippen LogP contribution in [-0.2, 0) is 9.53 Å². The standard InChI is InChI=1S/C7H12O3/c1-3-7(9)10-5-4-6(2)8/h3,6,8H,1,4-5H2,2H3. The summed E-state index contributed by atoms with van der Waals surface area (Å²) in [7, 11) is 0. The fourth-order valence-corrected chi connectivity index (χ4v) is 0.389. The van der Waals surface area contributed by atoms with E-state index in [4.69, 9.17) is 5.11 Å². The van der Waals surface area contributed by atoms with Crippen LogP contribution < -0.4 is 0 Å². The largest absolute Gasteiger partial charge is 0.462 e. The molecule has 10 heavy (non-hydrogen) atoms. The second kappa shape index (κ2) is 4.99. The Hall–Kier alpha value is -0.830. The van der Waals surface area contributed by atoms with Crippen molar-refractivity contribution in [2.75, 3.05) is 6.61 Å². The fourth-order valence-electron chi connectivity index (χ4n) is 0.389. The summed E-state index contributed by atoms with van der Waals surface area (Å²) < 4.78 is 4.58. The topological polar surface area (TPSA) is 46.5 Å². The lowest BCUT2D eigenvalue weighted by atomic mass is 10.3. The molecule has 1 atom stereocenters. The zero-order valence-electron chi connectivity index (χ0n) is 6.04. The zero-order valence-corrected chi connectivity index (χ0v) is 6.04. The van der Waals surface area contributed by atoms with Crippen molar-refractivity contribution in [3.8, 4) is 0 Å². The van der Waals surface area contributed by atoms with Gasteiger partial charge in [-0.3, -0.25) is 0 Å². The van der Waals surface area contributed by atoms with Gasteiger partial charge in [0.2, 0.25) is 0 Å². The average Bonchev–Trinajstić information content (AvgIpc) is 1.87. The van der Waals surface area contributed by atoms with Crippen LogP contribution in [0.1, 0.15) is 13.3 Å². The average molecular weight is 144 g/mol. The van der Waals surface area contributed by atoms with E-state index in [2.05, 4.69) is 11.3 Å². The van der Waals surface area contributed by atoms with Gasteiger partial charge in [0, 0.05) is 12.5 Å². The minimum Gasteiger partial charge on any atom is -0.462 e. The molecule has 0 amide bonds. The van der Waals surface area contributed by atoms with Gasteiger partial charge < -0.3 is 9.84 Å². The van der Waals surface area contributed by atoms with Crippen molar-refractivity contribution in [3.05, 3.63) is 12.7 Å². The van der Waals surface area contributed by atoms with Gasteiger partial charge in [-0.05, 0) is 6.92 Å². The molecule has 0 aromatic carbocycles. The van der Waals surface area contributed by atoms with Gasteiger partial charge in [0.15, 0.2) is 0 Å². The number of hydrogen-bond donors (Lipinski definition) is 1. The number of aliphatic hydroxyl groups excluding tert-OH is 1. The maximum atomic E-state index is 10.4. The van der Waals surface area contributed by atoms with Crippen molar-refractivity contribution >= 4 is 5.97 Å². The molecule has 0 bridgehead atoms. The molecular weight excluding hydrogens is 132 g/mol. The highest BCUT2D eigenvalue weighted by Crippen LogP contribution is 1.90. The van der Waals surface area contributed by atoms with Gasteiger partial charge in [-0.2, -0.15) is 0 Å². The van der Waals surface area contributed by atoms with Crippen molar-refractivity contribution in [3.63, 3.8) is 0 Å². The van der Waals surface area contributed by atoms with Gasteiger partial charge in [0.1, 0.15) is 0 Å². The van der Waals surface area contributed by atoms with Crippen LogP contribution >= 0.6 is 0 Å². The van der Waals surface area contributed by atoms with Gasteiger partial charge in [0.25, 0.3) is 0 Å². The van der Waals surface area contributed by atoms with E-state index in [-0.39, 0.29) is 6.61 Å². The summed E-state index contributed by atoms with van der Waals surface area (Å²) in [6.45, 7) is 5.11. The van der Waals surface area contributed by atoms with E-state index in [0.717, 1.165) is 6.08 Å². The Kier molecular flexibility index (Phi) is 4.58. The minimum absolute atomic E-state index is 0.252. The van der Waals surface area contributed by atoms with Gasteiger partial charge in [-0.1, -0.05) is 6.58 Å². The van der Waals surface area contributed by atoms with E-state index in [9.17, 15) is 4.79 Å². The molecule has 0 saturated carbocycles. The molecule has 0 aromatic rings. The predicted octanol–water partition coefficient (Wildman–Crippen LogP) is 0.486. The van der Waals surface area contributed by atoms with Crippen LogP contribution in [0.4, 0.5) is 0 Å². The smallest absolute Gasteiger partial charge is 0.330 e. The van der Waals surface area contributed by atoms with Crippen LogP contribution in [0.5, 0.6) is 0 Å². The number of carbonyl (C=O) groups is 1. The van der Waals surface area contributed by atoms with Crippen molar-refractivity contribution in [1.29, 1.82) is 0 Å². The van der Waals surface area contributed by atoms with Crippen LogP contribution in [0, 0.1) is 0 Å². The molecule has 3 nitrogen and oxygen atoms in total. The number of esters is 1. The van der Waals surface area contributed by atoms with Crippen LogP contribution in [0.3, 0.4) is 0 Å². The molecule has 0 spiro atoms. The molecule has 3 heteroatoms. The van der Waals surface area contributed by atoms with Crippen molar-refractivity contribution < 1.29 is 14.6 Å². The van der Waals surface area contributed by atoms with Crippen molar-refractivity contribution in [2.24, 2.45) is 0 Å². The lowest BCUT2D eigenvalue weighted by Crippen LogP contribution is -2.08. The summed E-state index contributed by atoms with van der Waals surface area (Å²) in [6.07, 6.45) is 1.15. The monoisotopic (exact) mass is 144 g/mol. The third kappa shape index (κ3) is 5.31. The Labute approximate surface area is 60.3 Å². The first-order valence-corrected chi connectivity index (χ1v) is 3.14. The Morgan fingerprint density at radius 3 is 2.90 bits per heavy atom. The van der Waals surface area contributed by atoms with Crippen LogP contribution in [0.2, 0.25) is 0 Å². The first kappa shape index (κ1) is 9.17. The molecule has 0 heterocycles. The molecule has 0 fully saturated rings. The SMILES string of the molecule is C=CC(=O)OCCC(C)O. The van der Waals surface area contributed by atoms with E-state index in [1.54, 1.807) is 6.92 Å². The first-order valence-electron chi connectivity index (χ1n) is 3.14. The normalized spacial score (nSPS) is 12.2. The summed E-state index contributed by atoms with van der Waals surface area (Å²) >= 11 is 0. The summed E-state index contributed by atoms with van der Waals surface area (Å²) in [4.78, 5) is 10.4. The molecule has 0 rings (SSSR count).